The summed E-state index contributed by atoms with van der Waals surface area (Å²) in [5.74, 6) is 0.0548. The predicted molar refractivity (Wildman–Crippen MR) is 79.7 cm³/mol. The molecule has 110 valence electrons. The monoisotopic (exact) mass is 363 g/mol. The van der Waals surface area contributed by atoms with Crippen LogP contribution in [0.1, 0.15) is 23.2 Å². The smallest absolute Gasteiger partial charge is 0.253 e. The molecule has 1 aromatic carbocycles. The van der Waals surface area contributed by atoms with Crippen LogP contribution in [0, 0.1) is 5.82 Å². The molecule has 3 nitrogen and oxygen atoms in total. The molecule has 0 spiro atoms. The van der Waals surface area contributed by atoms with Gasteiger partial charge in [0.1, 0.15) is 5.82 Å². The van der Waals surface area contributed by atoms with E-state index >= 15 is 0 Å². The summed E-state index contributed by atoms with van der Waals surface area (Å²) in [5.41, 5.74) is 0.499. The number of amides is 1. The molecule has 0 saturated carbocycles. The number of rotatable bonds is 4. The van der Waals surface area contributed by atoms with E-state index in [0.29, 0.717) is 35.6 Å². The van der Waals surface area contributed by atoms with Gasteiger partial charge in [0.15, 0.2) is 0 Å². The topological polar surface area (TPSA) is 29.5 Å². The van der Waals surface area contributed by atoms with Gasteiger partial charge in [0.2, 0.25) is 0 Å². The molecule has 1 aliphatic heterocycles. The molecule has 2 rings (SSSR count). The second-order valence-corrected chi connectivity index (χ2v) is 5.91. The number of hydrogen-bond donors (Lipinski definition) is 0. The van der Waals surface area contributed by atoms with Crippen LogP contribution < -0.4 is 0 Å². The second kappa shape index (κ2) is 7.38. The summed E-state index contributed by atoms with van der Waals surface area (Å²) < 4.78 is 19.1. The lowest BCUT2D eigenvalue weighted by Gasteiger charge is -2.32. The van der Waals surface area contributed by atoms with Crippen LogP contribution in [0.25, 0.3) is 0 Å². The zero-order valence-electron chi connectivity index (χ0n) is 10.9. The van der Waals surface area contributed by atoms with E-state index in [1.54, 1.807) is 4.90 Å². The van der Waals surface area contributed by atoms with Gasteiger partial charge in [0.05, 0.1) is 17.2 Å². The Balaban J connectivity index is 1.92. The zero-order chi connectivity index (χ0) is 14.5. The largest absolute Gasteiger partial charge is 0.377 e. The summed E-state index contributed by atoms with van der Waals surface area (Å²) in [6, 6.07) is 4.33. The molecular weight excluding hydrogens is 349 g/mol. The number of halogens is 3. The first-order valence-corrected chi connectivity index (χ1v) is 7.86. The Morgan fingerprint density at radius 1 is 1.45 bits per heavy atom. The lowest BCUT2D eigenvalue weighted by Crippen LogP contribution is -2.41. The van der Waals surface area contributed by atoms with E-state index in [4.69, 9.17) is 16.3 Å². The Morgan fingerprint density at radius 3 is 2.75 bits per heavy atom. The third-order valence-electron chi connectivity index (χ3n) is 3.33. The van der Waals surface area contributed by atoms with Crippen LogP contribution in [0.5, 0.6) is 0 Å². The van der Waals surface area contributed by atoms with Crippen molar-refractivity contribution in [2.45, 2.75) is 18.9 Å². The van der Waals surface area contributed by atoms with Gasteiger partial charge in [-0.1, -0.05) is 0 Å². The molecule has 0 radical (unpaired) electrons. The minimum atomic E-state index is -0.366. The molecule has 0 unspecified atom stereocenters. The second-order valence-electron chi connectivity index (χ2n) is 4.68. The van der Waals surface area contributed by atoms with Crippen LogP contribution in [0.3, 0.4) is 0 Å². The Kier molecular flexibility index (Phi) is 5.81. The molecule has 1 saturated heterocycles. The van der Waals surface area contributed by atoms with Crippen LogP contribution in [0.15, 0.2) is 22.7 Å². The van der Waals surface area contributed by atoms with E-state index < -0.39 is 0 Å². The third-order valence-corrected chi connectivity index (χ3v) is 4.09. The third kappa shape index (κ3) is 3.93. The number of likely N-dealkylation sites (tertiary alicyclic amines) is 1. The number of carbonyl (C=O) groups excluding carboxylic acids is 1. The molecular formula is C14H16BrClFNO2. The Labute approximate surface area is 131 Å². The van der Waals surface area contributed by atoms with Crippen molar-refractivity contribution in [3.63, 3.8) is 0 Å². The molecule has 1 fully saturated rings. The highest BCUT2D eigenvalue weighted by molar-refractivity contribution is 9.10. The minimum Gasteiger partial charge on any atom is -0.377 e. The van der Waals surface area contributed by atoms with Crippen LogP contribution in [-0.4, -0.2) is 42.5 Å². The summed E-state index contributed by atoms with van der Waals surface area (Å²) >= 11 is 8.68. The van der Waals surface area contributed by atoms with Crippen LogP contribution in [-0.2, 0) is 4.74 Å². The molecule has 1 aliphatic rings. The van der Waals surface area contributed by atoms with E-state index in [1.165, 1.54) is 18.2 Å². The maximum atomic E-state index is 13.2. The van der Waals surface area contributed by atoms with Crippen molar-refractivity contribution >= 4 is 33.4 Å². The lowest BCUT2D eigenvalue weighted by molar-refractivity contribution is 0.0154. The molecule has 0 aromatic heterocycles. The van der Waals surface area contributed by atoms with E-state index in [2.05, 4.69) is 15.9 Å². The number of hydrogen-bond acceptors (Lipinski definition) is 2. The van der Waals surface area contributed by atoms with Gasteiger partial charge >= 0.3 is 0 Å². The Bertz CT molecular complexity index is 478. The van der Waals surface area contributed by atoms with Gasteiger partial charge in [-0.2, -0.15) is 0 Å². The molecule has 1 aromatic rings. The maximum Gasteiger partial charge on any atom is 0.253 e. The molecule has 1 amide bonds. The fourth-order valence-corrected chi connectivity index (χ4v) is 2.72. The number of nitrogens with zero attached hydrogens (tertiary/aromatic N) is 1. The zero-order valence-corrected chi connectivity index (χ0v) is 13.3. The van der Waals surface area contributed by atoms with E-state index in [9.17, 15) is 9.18 Å². The number of alkyl halides is 1. The molecule has 1 heterocycles. The van der Waals surface area contributed by atoms with Crippen molar-refractivity contribution in [3.05, 3.63) is 34.1 Å². The highest BCUT2D eigenvalue weighted by Gasteiger charge is 2.24. The van der Waals surface area contributed by atoms with Crippen molar-refractivity contribution in [2.24, 2.45) is 0 Å². The van der Waals surface area contributed by atoms with E-state index in [0.717, 1.165) is 12.8 Å². The molecule has 0 atom stereocenters. The van der Waals surface area contributed by atoms with Crippen LogP contribution in [0.2, 0.25) is 0 Å². The van der Waals surface area contributed by atoms with Gasteiger partial charge in [-0.15, -0.1) is 11.6 Å². The summed E-state index contributed by atoms with van der Waals surface area (Å²) in [6.07, 6.45) is 1.80. The number of piperidine rings is 1. The SMILES string of the molecule is O=C(c1ccc(F)c(Br)c1)N1CCC(OCCCl)CC1. The predicted octanol–water partition coefficient (Wildman–Crippen LogP) is 3.45. The fraction of sp³-hybridized carbons (Fsp3) is 0.500. The number of benzene rings is 1. The normalized spacial score (nSPS) is 16.4. The summed E-state index contributed by atoms with van der Waals surface area (Å²) in [6.45, 7) is 1.85. The van der Waals surface area contributed by atoms with Crippen molar-refractivity contribution in [1.82, 2.24) is 4.90 Å². The van der Waals surface area contributed by atoms with Gasteiger partial charge < -0.3 is 9.64 Å². The first-order valence-electron chi connectivity index (χ1n) is 6.53. The van der Waals surface area contributed by atoms with Gasteiger partial charge in [-0.3, -0.25) is 4.79 Å². The molecule has 6 heteroatoms. The van der Waals surface area contributed by atoms with Crippen molar-refractivity contribution in [2.75, 3.05) is 25.6 Å². The van der Waals surface area contributed by atoms with Crippen molar-refractivity contribution < 1.29 is 13.9 Å². The summed E-state index contributed by atoms with van der Waals surface area (Å²) in [7, 11) is 0. The highest BCUT2D eigenvalue weighted by atomic mass is 79.9. The Morgan fingerprint density at radius 2 is 2.15 bits per heavy atom. The van der Waals surface area contributed by atoms with Gasteiger partial charge in [0, 0.05) is 24.5 Å². The highest BCUT2D eigenvalue weighted by Crippen LogP contribution is 2.20. The van der Waals surface area contributed by atoms with E-state index in [1.807, 2.05) is 0 Å². The number of carbonyl (C=O) groups is 1. The minimum absolute atomic E-state index is 0.0681. The maximum absolute atomic E-state index is 13.2. The number of ether oxygens (including phenoxy) is 1. The van der Waals surface area contributed by atoms with Crippen molar-refractivity contribution in [3.8, 4) is 0 Å². The van der Waals surface area contributed by atoms with Gasteiger partial charge in [-0.25, -0.2) is 4.39 Å². The fourth-order valence-electron chi connectivity index (χ4n) is 2.25. The molecule has 0 N–H and O–H groups in total. The lowest BCUT2D eigenvalue weighted by atomic mass is 10.1. The first kappa shape index (κ1) is 15.7. The molecule has 20 heavy (non-hydrogen) atoms. The van der Waals surface area contributed by atoms with Gasteiger partial charge in [-0.05, 0) is 47.0 Å². The standard InChI is InChI=1S/C14H16BrClFNO2/c15-12-9-10(1-2-13(12)17)14(19)18-6-3-11(4-7-18)20-8-5-16/h1-2,9,11H,3-8H2. The van der Waals surface area contributed by atoms with E-state index in [-0.39, 0.29) is 17.8 Å². The summed E-state index contributed by atoms with van der Waals surface area (Å²) in [5, 5.41) is 0. The average Bonchev–Trinajstić information content (AvgIpc) is 2.48. The average molecular weight is 365 g/mol. The quantitative estimate of drug-likeness (QED) is 0.766. The van der Waals surface area contributed by atoms with Crippen molar-refractivity contribution in [1.29, 1.82) is 0 Å². The van der Waals surface area contributed by atoms with Gasteiger partial charge in [0.25, 0.3) is 5.91 Å². The van der Waals surface area contributed by atoms with Crippen LogP contribution in [0.4, 0.5) is 4.39 Å². The molecule has 0 bridgehead atoms. The summed E-state index contributed by atoms with van der Waals surface area (Å²) in [4.78, 5) is 14.1. The first-order chi connectivity index (χ1) is 9.61. The van der Waals surface area contributed by atoms with Crippen LogP contribution >= 0.6 is 27.5 Å². The Hall–Kier alpha value is -0.650. The molecule has 0 aliphatic carbocycles.